The van der Waals surface area contributed by atoms with Crippen molar-refractivity contribution in [3.05, 3.63) is 0 Å². The highest BCUT2D eigenvalue weighted by molar-refractivity contribution is 7.84. The summed E-state index contributed by atoms with van der Waals surface area (Å²) in [5.41, 5.74) is 0. The summed E-state index contributed by atoms with van der Waals surface area (Å²) in [7, 11) is -53.4. The first-order chi connectivity index (χ1) is 42.7. The van der Waals surface area contributed by atoms with Crippen molar-refractivity contribution in [3.63, 3.8) is 0 Å². The van der Waals surface area contributed by atoms with Crippen LogP contribution >= 0.6 is 0 Å². The number of ether oxygens (including phenoxy) is 9. The van der Waals surface area contributed by atoms with Crippen LogP contribution in [0.5, 0.6) is 0 Å². The number of hydrogen-bond donors (Lipinski definition) is 19. The average Bonchev–Trinajstić information content (AvgIpc) is 0.762. The van der Waals surface area contributed by atoms with Crippen LogP contribution in [-0.2, 0) is 171 Å². The predicted octanol–water partition coefficient (Wildman–Crippen LogP) is -14.2. The third kappa shape index (κ3) is 23.9. The zero-order chi connectivity index (χ0) is 72.8. The van der Waals surface area contributed by atoms with Crippen molar-refractivity contribution in [2.45, 2.75) is 153 Å². The van der Waals surface area contributed by atoms with Crippen LogP contribution in [0.3, 0.4) is 0 Å². The van der Waals surface area contributed by atoms with Gasteiger partial charge in [0.2, 0.25) is 0 Å². The van der Waals surface area contributed by atoms with Gasteiger partial charge in [-0.15, -0.1) is 0 Å². The first-order valence-corrected chi connectivity index (χ1v) is 36.7. The molecule has 0 bridgehead atoms. The van der Waals surface area contributed by atoms with Gasteiger partial charge in [0.25, 0.3) is 0 Å². The molecule has 5 saturated heterocycles. The third-order valence-corrected chi connectivity index (χ3v) is 17.7. The van der Waals surface area contributed by atoms with E-state index in [1.54, 1.807) is 0 Å². The smallest absolute Gasteiger partial charge is 0.397 e. The molecule has 558 valence electrons. The number of aliphatic hydroxyl groups is 6. The van der Waals surface area contributed by atoms with E-state index in [0.717, 1.165) is 4.72 Å². The minimum absolute atomic E-state index is 0.279. The second kappa shape index (κ2) is 30.8. The van der Waals surface area contributed by atoms with Crippen molar-refractivity contribution in [1.82, 2.24) is 13.7 Å². The number of aliphatic carboxylic acids is 2. The maximum Gasteiger partial charge on any atom is 0.397 e. The van der Waals surface area contributed by atoms with Crippen LogP contribution in [0.25, 0.3) is 0 Å². The van der Waals surface area contributed by atoms with Gasteiger partial charge >= 0.3 is 105 Å². The van der Waals surface area contributed by atoms with E-state index in [-0.39, 0.29) is 7.05 Å². The molecule has 0 aromatic rings. The lowest BCUT2D eigenvalue weighted by Crippen LogP contribution is -2.71. The fourth-order valence-electron chi connectivity index (χ4n) is 9.26. The Hall–Kier alpha value is -2.83. The monoisotopic (exact) mass is 1590 g/mol. The number of carboxylic acid groups (broad SMARTS) is 2. The number of carboxylic acids is 2. The maximum absolute atomic E-state index is 13.1. The van der Waals surface area contributed by atoms with E-state index in [0.29, 0.717) is 0 Å². The number of hydrogen-bond acceptors (Lipinski definition) is 41. The quantitative estimate of drug-likeness (QED) is 0.0287. The molecule has 0 aromatic heterocycles. The standard InChI is InChI=1S/C31H53N3O52S9/c1-34(89(51,52)53)10-19(85-94(66,67)68)17(6(75-27(10)44)3-73-91(57,58)59)79-31-22(86-95(69,70)71)15(39)21(24(83-31)26(42)43)81-29-9(33-88(48,49)50)18(84-93(63,64)65)16(7(77-29)4-74-92(60,61)62)78-30-14(38)13(37)20(23(82-30)25(40)41)80-28-8(32-87(45,46)47)12(36)11(35)5(76-28)2-72-90(54,55)56/h5-24,27-33,35-39,44H,2-4H2,1H3,(H,40,41)(H,42,43)(H,45,46,47)(H,48,49,50)(H,51,52,53)(H,54,55,56)(H,57,58,59)(H,60,61,62)(H,63,64,65)(H,66,67,68)(H,69,70,71)/t5-,6-,7-,8-,9-,10-,11-,12-,13-,14-,15+,16-,17-,18-,19-,20+,21+,22-,23+,24-,27+,28-,29-,30-,31-/m1/s1. The normalized spacial score (nSPS) is 37.8. The molecular weight excluding hydrogens is 1530 g/mol. The Kier molecular flexibility index (Phi) is 26.8. The van der Waals surface area contributed by atoms with E-state index in [1.807, 2.05) is 0 Å². The van der Waals surface area contributed by atoms with Crippen molar-refractivity contribution in [2.24, 2.45) is 0 Å². The van der Waals surface area contributed by atoms with Crippen molar-refractivity contribution in [3.8, 4) is 0 Å². The molecule has 55 nitrogen and oxygen atoms in total. The minimum atomic E-state index is -6.42. The Balaban J connectivity index is 1.64. The fourth-order valence-corrected chi connectivity index (χ4v) is 13.4. The molecule has 5 rings (SSSR count). The summed E-state index contributed by atoms with van der Waals surface area (Å²) >= 11 is 0. The molecule has 5 aliphatic heterocycles. The van der Waals surface area contributed by atoms with Crippen molar-refractivity contribution < 1.29 is 235 Å². The molecule has 95 heavy (non-hydrogen) atoms. The number of likely N-dealkylation sites (N-methyl/N-ethyl adjacent to an activating group) is 1. The van der Waals surface area contributed by atoms with Crippen LogP contribution in [0.4, 0.5) is 0 Å². The summed E-state index contributed by atoms with van der Waals surface area (Å²) in [5, 5.41) is 87.4. The Morgan fingerprint density at radius 1 is 0.379 bits per heavy atom. The van der Waals surface area contributed by atoms with Crippen LogP contribution in [0, 0.1) is 0 Å². The molecule has 25 atom stereocenters. The molecule has 0 amide bonds. The zero-order valence-electron chi connectivity index (χ0n) is 45.6. The van der Waals surface area contributed by atoms with Gasteiger partial charge in [0.05, 0.1) is 19.8 Å². The number of nitrogens with zero attached hydrogens (tertiary/aromatic N) is 1. The average molecular weight is 1590 g/mol. The van der Waals surface area contributed by atoms with Gasteiger partial charge in [-0.2, -0.15) is 89.5 Å². The van der Waals surface area contributed by atoms with Gasteiger partial charge in [-0.25, -0.2) is 34.7 Å². The number of nitrogens with one attached hydrogen (secondary N) is 2. The van der Waals surface area contributed by atoms with Crippen molar-refractivity contribution >= 4 is 105 Å². The van der Waals surface area contributed by atoms with Crippen LogP contribution < -0.4 is 9.44 Å². The molecule has 19 N–H and O–H groups in total. The highest BCUT2D eigenvalue weighted by atomic mass is 32.3. The van der Waals surface area contributed by atoms with Gasteiger partial charge in [-0.05, 0) is 0 Å². The second-order valence-corrected chi connectivity index (χ2v) is 29.6. The molecule has 0 aliphatic carbocycles. The molecule has 5 heterocycles. The molecule has 0 saturated carbocycles. The van der Waals surface area contributed by atoms with E-state index >= 15 is 0 Å². The number of carbonyl (C=O) groups is 2. The first kappa shape index (κ1) is 82.8. The van der Waals surface area contributed by atoms with Gasteiger partial charge in [-0.1, -0.05) is 0 Å². The molecular formula is C31H53N3O52S9. The van der Waals surface area contributed by atoms with E-state index in [4.69, 9.17) is 47.2 Å². The predicted molar refractivity (Wildman–Crippen MR) is 272 cm³/mol. The summed E-state index contributed by atoms with van der Waals surface area (Å²) in [4.78, 5) is 25.9. The zero-order valence-corrected chi connectivity index (χ0v) is 52.9. The Labute approximate surface area is 531 Å². The summed E-state index contributed by atoms with van der Waals surface area (Å²) < 4.78 is 379. The highest BCUT2D eigenvalue weighted by Crippen LogP contribution is 2.39. The van der Waals surface area contributed by atoms with Gasteiger partial charge in [0.1, 0.15) is 104 Å². The van der Waals surface area contributed by atoms with Crippen LogP contribution in [0.1, 0.15) is 0 Å². The lowest BCUT2D eigenvalue weighted by atomic mass is 9.94. The maximum atomic E-state index is 13.1. The third-order valence-electron chi connectivity index (χ3n) is 12.9. The van der Waals surface area contributed by atoms with E-state index in [1.165, 1.54) is 4.72 Å². The molecule has 0 unspecified atom stereocenters. The van der Waals surface area contributed by atoms with E-state index < -0.39 is 283 Å². The Bertz CT molecular complexity index is 3790. The Morgan fingerprint density at radius 3 is 1.17 bits per heavy atom. The number of aliphatic hydroxyl groups excluding tert-OH is 6. The van der Waals surface area contributed by atoms with Gasteiger partial charge in [-0.3, -0.25) is 41.0 Å². The molecule has 0 radical (unpaired) electrons. The van der Waals surface area contributed by atoms with Crippen LogP contribution in [-0.4, -0.2) is 354 Å². The lowest BCUT2D eigenvalue weighted by molar-refractivity contribution is -0.372. The number of rotatable bonds is 31. The van der Waals surface area contributed by atoms with Crippen molar-refractivity contribution in [2.75, 3.05) is 26.9 Å². The van der Waals surface area contributed by atoms with E-state index in [2.05, 4.69) is 25.1 Å². The molecule has 0 spiro atoms. The van der Waals surface area contributed by atoms with Crippen LogP contribution in [0.2, 0.25) is 0 Å². The summed E-state index contributed by atoms with van der Waals surface area (Å²) in [6, 6.07) is -8.80. The molecule has 5 aliphatic rings. The van der Waals surface area contributed by atoms with Crippen LogP contribution in [0.15, 0.2) is 0 Å². The summed E-state index contributed by atoms with van der Waals surface area (Å²) in [6.07, 6.45) is -67.2. The first-order valence-electron chi connectivity index (χ1n) is 24.2. The highest BCUT2D eigenvalue weighted by Gasteiger charge is 2.62. The lowest BCUT2D eigenvalue weighted by Gasteiger charge is -2.50. The van der Waals surface area contributed by atoms with Gasteiger partial charge in [0, 0.05) is 7.05 Å². The molecule has 64 heteroatoms. The molecule has 5 fully saturated rings. The van der Waals surface area contributed by atoms with Gasteiger partial charge < -0.3 is 83.5 Å². The summed E-state index contributed by atoms with van der Waals surface area (Å²) in [5.74, 6) is -5.06. The minimum Gasteiger partial charge on any atom is -0.479 e. The second-order valence-electron chi connectivity index (χ2n) is 19.4. The topological polar surface area (TPSA) is 851 Å². The molecule has 0 aromatic carbocycles. The van der Waals surface area contributed by atoms with E-state index in [9.17, 15) is 163 Å². The summed E-state index contributed by atoms with van der Waals surface area (Å²) in [6.45, 7) is -5.42. The largest absolute Gasteiger partial charge is 0.479 e. The van der Waals surface area contributed by atoms with Gasteiger partial charge in [0.15, 0.2) is 49.8 Å². The van der Waals surface area contributed by atoms with Crippen molar-refractivity contribution in [1.29, 1.82) is 0 Å². The Morgan fingerprint density at radius 2 is 0.737 bits per heavy atom. The fraction of sp³-hybridized carbons (Fsp3) is 0.935. The SMILES string of the molecule is CN([C@@H]1[C@@H](OS(=O)(=O)O)[C@H](O[C@@H]2O[C@@H](C(=O)O)[C@@H](O[C@H]3O[C@H](COS(=O)(=O)O)[C@@H](O[C@@H]4O[C@H](C(=O)O)[C@@H](O[C@H]5O[C@H](COS(=O)(=O)O)[C@@H](O)[C@H](O)[C@H]5NS(=O)(=O)O)[C@H](O)[C@H]4O)[C@H](OS(=O)(=O)O)[C@H]3NS(=O)(=O)O)[C@H](O)[C@H]2OS(=O)(=O)O)[C@@H](COS(=O)(=O)O)O[C@@H]1O)S(=O)(=O)O.